The monoisotopic (exact) mass is 284 g/mol. The Morgan fingerprint density at radius 2 is 1.90 bits per heavy atom. The topological polar surface area (TPSA) is 58.6 Å². The summed E-state index contributed by atoms with van der Waals surface area (Å²) in [6.45, 7) is 8.49. The quantitative estimate of drug-likeness (QED) is 0.883. The fourth-order valence-corrected chi connectivity index (χ4v) is 2.38. The predicted molar refractivity (Wildman–Crippen MR) is 89.9 cm³/mol. The number of phenols is 1. The van der Waals surface area contributed by atoms with Crippen molar-refractivity contribution in [2.24, 2.45) is 10.7 Å². The van der Waals surface area contributed by atoms with Crippen LogP contribution in [-0.4, -0.2) is 17.5 Å². The Morgan fingerprint density at radius 1 is 1.19 bits per heavy atom. The van der Waals surface area contributed by atoms with Gasteiger partial charge in [0.1, 0.15) is 11.9 Å². The summed E-state index contributed by atoms with van der Waals surface area (Å²) in [5.41, 5.74) is 9.90. The average Bonchev–Trinajstić information content (AvgIpc) is 2.42. The van der Waals surface area contributed by atoms with Gasteiger partial charge in [0, 0.05) is 11.8 Å². The van der Waals surface area contributed by atoms with Crippen molar-refractivity contribution < 1.29 is 5.11 Å². The highest BCUT2D eigenvalue weighted by molar-refractivity contribution is 5.77. The Hall–Kier alpha value is -1.87. The van der Waals surface area contributed by atoms with Crippen molar-refractivity contribution >= 4 is 12.3 Å². The lowest BCUT2D eigenvalue weighted by Gasteiger charge is -2.17. The molecule has 1 heterocycles. The SMILES string of the molecule is CC(C)c1cc(C=C2C=CC=NC2N)c(O)c(C(C)C)c1. The van der Waals surface area contributed by atoms with Crippen molar-refractivity contribution in [1.29, 1.82) is 0 Å². The molecule has 0 aliphatic carbocycles. The van der Waals surface area contributed by atoms with Gasteiger partial charge in [0.25, 0.3) is 0 Å². The lowest BCUT2D eigenvalue weighted by atomic mass is 9.91. The first-order valence-electron chi connectivity index (χ1n) is 7.44. The maximum atomic E-state index is 10.5. The number of phenolic OH excluding ortho intramolecular Hbond substituents is 1. The second-order valence-electron chi connectivity index (χ2n) is 6.10. The van der Waals surface area contributed by atoms with Crippen molar-refractivity contribution in [3.63, 3.8) is 0 Å². The fraction of sp³-hybridized carbons (Fsp3) is 0.389. The van der Waals surface area contributed by atoms with Crippen LogP contribution in [0.3, 0.4) is 0 Å². The van der Waals surface area contributed by atoms with Crippen LogP contribution in [0.5, 0.6) is 5.75 Å². The van der Waals surface area contributed by atoms with Crippen molar-refractivity contribution in [3.8, 4) is 5.75 Å². The predicted octanol–water partition coefficient (Wildman–Crippen LogP) is 3.95. The average molecular weight is 284 g/mol. The number of nitrogens with two attached hydrogens (primary N) is 1. The normalized spacial score (nSPS) is 20.0. The van der Waals surface area contributed by atoms with E-state index in [1.807, 2.05) is 24.3 Å². The molecule has 1 atom stereocenters. The van der Waals surface area contributed by atoms with Gasteiger partial charge in [0.2, 0.25) is 0 Å². The molecule has 1 aromatic rings. The molecule has 3 nitrogen and oxygen atoms in total. The summed E-state index contributed by atoms with van der Waals surface area (Å²) < 4.78 is 0. The molecule has 3 heteroatoms. The third kappa shape index (κ3) is 3.42. The summed E-state index contributed by atoms with van der Waals surface area (Å²) in [5.74, 6) is 1.03. The highest BCUT2D eigenvalue weighted by Gasteiger charge is 2.15. The van der Waals surface area contributed by atoms with Gasteiger partial charge in [-0.15, -0.1) is 0 Å². The molecule has 0 saturated heterocycles. The van der Waals surface area contributed by atoms with Crippen molar-refractivity contribution in [3.05, 3.63) is 46.5 Å². The minimum atomic E-state index is -0.361. The molecule has 1 aromatic carbocycles. The van der Waals surface area contributed by atoms with Crippen molar-refractivity contribution in [2.45, 2.75) is 45.7 Å². The van der Waals surface area contributed by atoms with E-state index in [4.69, 9.17) is 5.73 Å². The molecule has 0 spiro atoms. The molecular weight excluding hydrogens is 260 g/mol. The molecule has 112 valence electrons. The summed E-state index contributed by atoms with van der Waals surface area (Å²) in [6.07, 6.45) is 7.08. The van der Waals surface area contributed by atoms with E-state index in [0.29, 0.717) is 11.7 Å². The third-order valence-corrected chi connectivity index (χ3v) is 3.76. The van der Waals surface area contributed by atoms with Crippen LogP contribution in [-0.2, 0) is 0 Å². The second kappa shape index (κ2) is 6.27. The molecule has 21 heavy (non-hydrogen) atoms. The number of nitrogens with zero attached hydrogens (tertiary/aromatic N) is 1. The summed E-state index contributed by atoms with van der Waals surface area (Å²) in [4.78, 5) is 4.17. The molecular formula is C18H24N2O. The summed E-state index contributed by atoms with van der Waals surface area (Å²) in [6, 6.07) is 4.14. The molecule has 3 N–H and O–H groups in total. The van der Waals surface area contributed by atoms with Crippen molar-refractivity contribution in [1.82, 2.24) is 0 Å². The van der Waals surface area contributed by atoms with E-state index in [1.54, 1.807) is 6.21 Å². The fourth-order valence-electron chi connectivity index (χ4n) is 2.38. The van der Waals surface area contributed by atoms with Gasteiger partial charge in [-0.2, -0.15) is 0 Å². The van der Waals surface area contributed by atoms with Gasteiger partial charge < -0.3 is 10.8 Å². The van der Waals surface area contributed by atoms with Gasteiger partial charge in [-0.25, -0.2) is 0 Å². The first-order valence-corrected chi connectivity index (χ1v) is 7.44. The smallest absolute Gasteiger partial charge is 0.126 e. The minimum Gasteiger partial charge on any atom is -0.507 e. The zero-order valence-corrected chi connectivity index (χ0v) is 13.2. The van der Waals surface area contributed by atoms with E-state index in [-0.39, 0.29) is 12.1 Å². The zero-order chi connectivity index (χ0) is 15.6. The van der Waals surface area contributed by atoms with E-state index in [1.165, 1.54) is 5.56 Å². The number of aliphatic imine (C=N–C) groups is 1. The number of hydrogen-bond donors (Lipinski definition) is 2. The van der Waals surface area contributed by atoms with Gasteiger partial charge in [-0.3, -0.25) is 4.99 Å². The van der Waals surface area contributed by atoms with Crippen LogP contribution >= 0.6 is 0 Å². The number of allylic oxidation sites excluding steroid dienone is 1. The van der Waals surface area contributed by atoms with Gasteiger partial charge in [-0.1, -0.05) is 39.8 Å². The summed E-state index contributed by atoms with van der Waals surface area (Å²) in [7, 11) is 0. The minimum absolute atomic E-state index is 0.273. The van der Waals surface area contributed by atoms with Crippen LogP contribution < -0.4 is 5.73 Å². The van der Waals surface area contributed by atoms with Crippen LogP contribution in [0.25, 0.3) is 6.08 Å². The number of aromatic hydroxyl groups is 1. The van der Waals surface area contributed by atoms with E-state index in [2.05, 4.69) is 38.8 Å². The van der Waals surface area contributed by atoms with Gasteiger partial charge in [0.05, 0.1) is 0 Å². The highest BCUT2D eigenvalue weighted by Crippen LogP contribution is 2.34. The van der Waals surface area contributed by atoms with Crippen LogP contribution in [0.4, 0.5) is 0 Å². The molecule has 0 bridgehead atoms. The first kappa shape index (κ1) is 15.5. The van der Waals surface area contributed by atoms with Gasteiger partial charge >= 0.3 is 0 Å². The highest BCUT2D eigenvalue weighted by atomic mass is 16.3. The lowest BCUT2D eigenvalue weighted by Crippen LogP contribution is -2.20. The second-order valence-corrected chi connectivity index (χ2v) is 6.10. The maximum absolute atomic E-state index is 10.5. The molecule has 1 aliphatic rings. The first-order chi connectivity index (χ1) is 9.90. The van der Waals surface area contributed by atoms with Crippen molar-refractivity contribution in [2.75, 3.05) is 0 Å². The van der Waals surface area contributed by atoms with E-state index in [0.717, 1.165) is 16.7 Å². The van der Waals surface area contributed by atoms with Gasteiger partial charge in [0.15, 0.2) is 0 Å². The van der Waals surface area contributed by atoms with E-state index in [9.17, 15) is 5.11 Å². The van der Waals surface area contributed by atoms with Gasteiger partial charge in [-0.05, 0) is 46.8 Å². The molecule has 0 aromatic heterocycles. The van der Waals surface area contributed by atoms with E-state index < -0.39 is 0 Å². The molecule has 0 saturated carbocycles. The lowest BCUT2D eigenvalue weighted by molar-refractivity contribution is 0.463. The summed E-state index contributed by atoms with van der Waals surface area (Å²) in [5, 5.41) is 10.5. The standard InChI is InChI=1S/C18H24N2O/c1-11(2)14-9-15(17(21)16(10-14)12(3)4)8-13-6-5-7-20-18(13)19/h5-12,18,21H,19H2,1-4H3. The number of hydrogen-bond acceptors (Lipinski definition) is 3. The number of benzene rings is 1. The van der Waals surface area contributed by atoms with Crippen LogP contribution in [0, 0.1) is 0 Å². The molecule has 0 radical (unpaired) electrons. The van der Waals surface area contributed by atoms with Crippen LogP contribution in [0.15, 0.2) is 34.9 Å². The third-order valence-electron chi connectivity index (χ3n) is 3.76. The zero-order valence-electron chi connectivity index (χ0n) is 13.2. The largest absolute Gasteiger partial charge is 0.507 e. The Balaban J connectivity index is 2.54. The van der Waals surface area contributed by atoms with Crippen LogP contribution in [0.2, 0.25) is 0 Å². The van der Waals surface area contributed by atoms with E-state index >= 15 is 0 Å². The maximum Gasteiger partial charge on any atom is 0.126 e. The Morgan fingerprint density at radius 3 is 2.48 bits per heavy atom. The molecule has 2 rings (SSSR count). The molecule has 1 unspecified atom stereocenters. The van der Waals surface area contributed by atoms with Crippen LogP contribution in [0.1, 0.15) is 56.2 Å². The molecule has 0 amide bonds. The molecule has 0 fully saturated rings. The Kier molecular flexibility index (Phi) is 4.63. The Labute approximate surface area is 126 Å². The Bertz CT molecular complexity index is 610. The number of dihydropyridines is 1. The number of rotatable bonds is 3. The summed E-state index contributed by atoms with van der Waals surface area (Å²) >= 11 is 0. The molecule has 1 aliphatic heterocycles.